The van der Waals surface area contributed by atoms with Gasteiger partial charge in [-0.3, -0.25) is 9.59 Å². The quantitative estimate of drug-likeness (QED) is 0.862. The van der Waals surface area contributed by atoms with Gasteiger partial charge in [-0.15, -0.1) is 0 Å². The first-order valence-electron chi connectivity index (χ1n) is 7.30. The van der Waals surface area contributed by atoms with Crippen molar-refractivity contribution in [1.29, 1.82) is 0 Å². The molecule has 1 aromatic heterocycles. The van der Waals surface area contributed by atoms with Gasteiger partial charge in [-0.05, 0) is 25.0 Å². The van der Waals surface area contributed by atoms with Crippen LogP contribution in [0.3, 0.4) is 0 Å². The second kappa shape index (κ2) is 6.59. The van der Waals surface area contributed by atoms with E-state index >= 15 is 0 Å². The molecular weight excluding hydrogens is 256 g/mol. The van der Waals surface area contributed by atoms with Crippen LogP contribution >= 0.6 is 0 Å². The first kappa shape index (κ1) is 14.6. The van der Waals surface area contributed by atoms with Crippen molar-refractivity contribution >= 4 is 11.8 Å². The maximum Gasteiger partial charge on any atom is 0.245 e. The molecule has 2 amide bonds. The Morgan fingerprint density at radius 3 is 2.75 bits per heavy atom. The molecule has 0 spiro atoms. The number of carbonyl (C=O) groups is 2. The van der Waals surface area contributed by atoms with E-state index in [4.69, 9.17) is 4.42 Å². The number of rotatable bonds is 6. The molecule has 0 bridgehead atoms. The molecule has 2 atom stereocenters. The Kier molecular flexibility index (Phi) is 4.82. The Hall–Kier alpha value is -1.78. The van der Waals surface area contributed by atoms with Gasteiger partial charge in [0.2, 0.25) is 11.8 Å². The zero-order valence-corrected chi connectivity index (χ0v) is 12.1. The molecule has 0 aliphatic carbocycles. The molecule has 1 aliphatic heterocycles. The van der Waals surface area contributed by atoms with Gasteiger partial charge in [0.15, 0.2) is 0 Å². The average Bonchev–Trinajstić information content (AvgIpc) is 2.94. The molecule has 0 aromatic carbocycles. The van der Waals surface area contributed by atoms with Crippen LogP contribution in [0.2, 0.25) is 0 Å². The van der Waals surface area contributed by atoms with E-state index in [2.05, 4.69) is 5.32 Å². The fourth-order valence-electron chi connectivity index (χ4n) is 2.67. The summed E-state index contributed by atoms with van der Waals surface area (Å²) in [6, 6.07) is 2.99. The third-order valence-corrected chi connectivity index (χ3v) is 3.72. The van der Waals surface area contributed by atoms with Gasteiger partial charge in [0.1, 0.15) is 17.8 Å². The normalized spacial score (nSPS) is 23.0. The molecular formula is C15H22N2O3. The highest BCUT2D eigenvalue weighted by Gasteiger charge is 2.38. The lowest BCUT2D eigenvalue weighted by Gasteiger charge is -2.38. The largest absolute Gasteiger partial charge is 0.469 e. The smallest absolute Gasteiger partial charge is 0.245 e. The minimum atomic E-state index is -0.369. The summed E-state index contributed by atoms with van der Waals surface area (Å²) in [5.74, 6) is 0.834. The van der Waals surface area contributed by atoms with Crippen LogP contribution in [-0.2, 0) is 16.0 Å². The van der Waals surface area contributed by atoms with E-state index in [1.54, 1.807) is 11.2 Å². The van der Waals surface area contributed by atoms with E-state index in [-0.39, 0.29) is 23.9 Å². The van der Waals surface area contributed by atoms with Crippen LogP contribution in [0.25, 0.3) is 0 Å². The monoisotopic (exact) mass is 278 g/mol. The Bertz CT molecular complexity index is 456. The van der Waals surface area contributed by atoms with Crippen LogP contribution in [0, 0.1) is 0 Å². The predicted molar refractivity (Wildman–Crippen MR) is 75.0 cm³/mol. The fraction of sp³-hybridized carbons (Fsp3) is 0.600. The van der Waals surface area contributed by atoms with Crippen molar-refractivity contribution in [2.75, 3.05) is 6.54 Å². The van der Waals surface area contributed by atoms with E-state index in [0.717, 1.165) is 12.2 Å². The SMILES string of the molecule is CCCC1NC(=O)C(CC)N(CCc2ccco2)C1=O. The summed E-state index contributed by atoms with van der Waals surface area (Å²) in [6.07, 6.45) is 4.46. The van der Waals surface area contributed by atoms with E-state index in [0.29, 0.717) is 25.8 Å². The molecule has 20 heavy (non-hydrogen) atoms. The topological polar surface area (TPSA) is 62.6 Å². The van der Waals surface area contributed by atoms with Gasteiger partial charge < -0.3 is 14.6 Å². The number of nitrogens with one attached hydrogen (secondary N) is 1. The maximum absolute atomic E-state index is 12.5. The van der Waals surface area contributed by atoms with Crippen molar-refractivity contribution in [2.45, 2.75) is 51.6 Å². The Morgan fingerprint density at radius 1 is 1.35 bits per heavy atom. The van der Waals surface area contributed by atoms with E-state index in [1.165, 1.54) is 0 Å². The number of hydrogen-bond donors (Lipinski definition) is 1. The highest BCUT2D eigenvalue weighted by Crippen LogP contribution is 2.17. The summed E-state index contributed by atoms with van der Waals surface area (Å²) in [5.41, 5.74) is 0. The highest BCUT2D eigenvalue weighted by molar-refractivity contribution is 5.96. The number of amides is 2. The van der Waals surface area contributed by atoms with Crippen molar-refractivity contribution in [1.82, 2.24) is 10.2 Å². The third-order valence-electron chi connectivity index (χ3n) is 3.72. The van der Waals surface area contributed by atoms with Crippen molar-refractivity contribution in [3.05, 3.63) is 24.2 Å². The summed E-state index contributed by atoms with van der Waals surface area (Å²) in [6.45, 7) is 4.47. The minimum Gasteiger partial charge on any atom is -0.469 e. The number of piperazine rings is 1. The van der Waals surface area contributed by atoms with Crippen LogP contribution in [0.15, 0.2) is 22.8 Å². The minimum absolute atomic E-state index is 0.0323. The van der Waals surface area contributed by atoms with Crippen LogP contribution < -0.4 is 5.32 Å². The molecule has 0 saturated carbocycles. The highest BCUT2D eigenvalue weighted by atomic mass is 16.3. The summed E-state index contributed by atoms with van der Waals surface area (Å²) in [5, 5.41) is 2.84. The average molecular weight is 278 g/mol. The van der Waals surface area contributed by atoms with Gasteiger partial charge >= 0.3 is 0 Å². The molecule has 0 radical (unpaired) electrons. The predicted octanol–water partition coefficient (Wildman–Crippen LogP) is 1.73. The molecule has 1 saturated heterocycles. The lowest BCUT2D eigenvalue weighted by Crippen LogP contribution is -2.63. The van der Waals surface area contributed by atoms with Crippen LogP contribution in [0.4, 0.5) is 0 Å². The van der Waals surface area contributed by atoms with Crippen molar-refractivity contribution in [2.24, 2.45) is 0 Å². The van der Waals surface area contributed by atoms with Gasteiger partial charge in [-0.25, -0.2) is 0 Å². The molecule has 5 heteroatoms. The Balaban J connectivity index is 2.07. The Morgan fingerprint density at radius 2 is 2.15 bits per heavy atom. The number of furan rings is 1. The van der Waals surface area contributed by atoms with E-state index in [1.807, 2.05) is 26.0 Å². The second-order valence-corrected chi connectivity index (χ2v) is 5.13. The van der Waals surface area contributed by atoms with Crippen LogP contribution in [0.5, 0.6) is 0 Å². The van der Waals surface area contributed by atoms with Crippen LogP contribution in [0.1, 0.15) is 38.9 Å². The van der Waals surface area contributed by atoms with Gasteiger partial charge in [0, 0.05) is 13.0 Å². The maximum atomic E-state index is 12.5. The van der Waals surface area contributed by atoms with E-state index in [9.17, 15) is 9.59 Å². The fourth-order valence-corrected chi connectivity index (χ4v) is 2.67. The summed E-state index contributed by atoms with van der Waals surface area (Å²) in [7, 11) is 0. The van der Waals surface area contributed by atoms with Gasteiger partial charge in [-0.2, -0.15) is 0 Å². The second-order valence-electron chi connectivity index (χ2n) is 5.13. The third kappa shape index (κ3) is 3.03. The van der Waals surface area contributed by atoms with Crippen molar-refractivity contribution < 1.29 is 14.0 Å². The van der Waals surface area contributed by atoms with Gasteiger partial charge in [0.05, 0.1) is 6.26 Å². The zero-order valence-electron chi connectivity index (χ0n) is 12.1. The molecule has 110 valence electrons. The van der Waals surface area contributed by atoms with E-state index < -0.39 is 0 Å². The van der Waals surface area contributed by atoms with Gasteiger partial charge in [0.25, 0.3) is 0 Å². The lowest BCUT2D eigenvalue weighted by molar-refractivity contribution is -0.149. The molecule has 5 nitrogen and oxygen atoms in total. The number of hydrogen-bond acceptors (Lipinski definition) is 3. The first-order chi connectivity index (χ1) is 9.67. The van der Waals surface area contributed by atoms with Gasteiger partial charge in [-0.1, -0.05) is 20.3 Å². The lowest BCUT2D eigenvalue weighted by atomic mass is 10.0. The summed E-state index contributed by atoms with van der Waals surface area (Å²) in [4.78, 5) is 26.3. The number of carbonyl (C=O) groups excluding carboxylic acids is 2. The molecule has 1 fully saturated rings. The zero-order chi connectivity index (χ0) is 14.5. The van der Waals surface area contributed by atoms with Crippen molar-refractivity contribution in [3.8, 4) is 0 Å². The molecule has 1 aliphatic rings. The molecule has 2 unspecified atom stereocenters. The summed E-state index contributed by atoms with van der Waals surface area (Å²) >= 11 is 0. The molecule has 1 N–H and O–H groups in total. The molecule has 2 rings (SSSR count). The summed E-state index contributed by atoms with van der Waals surface area (Å²) < 4.78 is 5.29. The van der Waals surface area contributed by atoms with Crippen molar-refractivity contribution in [3.63, 3.8) is 0 Å². The first-order valence-corrected chi connectivity index (χ1v) is 7.30. The Labute approximate surface area is 119 Å². The number of nitrogens with zero attached hydrogens (tertiary/aromatic N) is 1. The molecule has 2 heterocycles. The molecule has 1 aromatic rings. The standard InChI is InChI=1S/C15H22N2O3/c1-3-6-12-15(19)17(13(4-2)14(18)16-12)9-8-11-7-5-10-20-11/h5,7,10,12-13H,3-4,6,8-9H2,1-2H3,(H,16,18). The van der Waals surface area contributed by atoms with Crippen LogP contribution in [-0.4, -0.2) is 35.3 Å².